The van der Waals surface area contributed by atoms with Crippen molar-refractivity contribution in [2.24, 2.45) is 5.73 Å². The third-order valence-corrected chi connectivity index (χ3v) is 2.67. The van der Waals surface area contributed by atoms with E-state index in [0.717, 1.165) is 5.69 Å². The first kappa shape index (κ1) is 9.98. The molecule has 0 aliphatic carbocycles. The standard InChI is InChI=1S/C11H15N3O/c1-13-10-5-3-2-4-9(10)8-14(7-6-12)11(13)15/h2-5H,6-8,12H2,1H3. The van der Waals surface area contributed by atoms with Gasteiger partial charge in [0.25, 0.3) is 0 Å². The van der Waals surface area contributed by atoms with Crippen molar-refractivity contribution >= 4 is 11.7 Å². The van der Waals surface area contributed by atoms with E-state index in [1.165, 1.54) is 5.56 Å². The van der Waals surface area contributed by atoms with Gasteiger partial charge < -0.3 is 10.6 Å². The molecule has 1 aromatic rings. The minimum atomic E-state index is 0.0270. The predicted molar refractivity (Wildman–Crippen MR) is 59.7 cm³/mol. The summed E-state index contributed by atoms with van der Waals surface area (Å²) in [6.45, 7) is 1.77. The number of amides is 2. The first-order valence-electron chi connectivity index (χ1n) is 5.04. The van der Waals surface area contributed by atoms with Crippen LogP contribution in [-0.4, -0.2) is 31.1 Å². The number of nitrogens with two attached hydrogens (primary N) is 1. The normalized spacial score (nSPS) is 15.5. The third kappa shape index (κ3) is 1.68. The summed E-state index contributed by atoms with van der Waals surface area (Å²) in [5.74, 6) is 0. The molecule has 0 aromatic heterocycles. The molecule has 0 unspecified atom stereocenters. The second-order valence-corrected chi connectivity index (χ2v) is 3.68. The number of hydrogen-bond acceptors (Lipinski definition) is 2. The largest absolute Gasteiger partial charge is 0.329 e. The average Bonchev–Trinajstić information content (AvgIpc) is 2.26. The number of carbonyl (C=O) groups excluding carboxylic acids is 1. The maximum Gasteiger partial charge on any atom is 0.324 e. The highest BCUT2D eigenvalue weighted by Gasteiger charge is 2.26. The van der Waals surface area contributed by atoms with Gasteiger partial charge in [-0.2, -0.15) is 0 Å². The van der Waals surface area contributed by atoms with E-state index in [-0.39, 0.29) is 6.03 Å². The molecule has 2 amide bonds. The zero-order valence-corrected chi connectivity index (χ0v) is 8.81. The van der Waals surface area contributed by atoms with Gasteiger partial charge in [0.2, 0.25) is 0 Å². The van der Waals surface area contributed by atoms with Crippen LogP contribution >= 0.6 is 0 Å². The smallest absolute Gasteiger partial charge is 0.324 e. The molecule has 80 valence electrons. The molecule has 1 aromatic carbocycles. The van der Waals surface area contributed by atoms with Crippen molar-refractivity contribution in [1.29, 1.82) is 0 Å². The summed E-state index contributed by atoms with van der Waals surface area (Å²) in [6, 6.07) is 7.97. The number of carbonyl (C=O) groups is 1. The number of hydrogen-bond donors (Lipinski definition) is 1. The van der Waals surface area contributed by atoms with E-state index in [2.05, 4.69) is 0 Å². The van der Waals surface area contributed by atoms with Crippen LogP contribution in [0.15, 0.2) is 24.3 Å². The molecular weight excluding hydrogens is 190 g/mol. The molecule has 0 saturated heterocycles. The summed E-state index contributed by atoms with van der Waals surface area (Å²) < 4.78 is 0. The average molecular weight is 205 g/mol. The predicted octanol–water partition coefficient (Wildman–Crippen LogP) is 1.02. The highest BCUT2D eigenvalue weighted by Crippen LogP contribution is 2.26. The Balaban J connectivity index is 2.32. The Kier molecular flexibility index (Phi) is 2.60. The molecular formula is C11H15N3O. The van der Waals surface area contributed by atoms with Crippen molar-refractivity contribution in [3.63, 3.8) is 0 Å². The highest BCUT2D eigenvalue weighted by molar-refractivity contribution is 5.94. The molecule has 2 rings (SSSR count). The van der Waals surface area contributed by atoms with Crippen molar-refractivity contribution < 1.29 is 4.79 Å². The van der Waals surface area contributed by atoms with Crippen LogP contribution < -0.4 is 10.6 Å². The zero-order valence-electron chi connectivity index (χ0n) is 8.81. The van der Waals surface area contributed by atoms with Gasteiger partial charge in [-0.15, -0.1) is 0 Å². The molecule has 0 radical (unpaired) electrons. The Hall–Kier alpha value is -1.55. The van der Waals surface area contributed by atoms with Crippen LogP contribution in [0, 0.1) is 0 Å². The lowest BCUT2D eigenvalue weighted by molar-refractivity contribution is 0.201. The number of benzene rings is 1. The highest BCUT2D eigenvalue weighted by atomic mass is 16.2. The van der Waals surface area contributed by atoms with Crippen molar-refractivity contribution in [2.75, 3.05) is 25.0 Å². The fourth-order valence-electron chi connectivity index (χ4n) is 1.89. The quantitative estimate of drug-likeness (QED) is 0.783. The Labute approximate surface area is 89.3 Å². The maximum absolute atomic E-state index is 11.9. The number of urea groups is 1. The van der Waals surface area contributed by atoms with Crippen molar-refractivity contribution in [2.45, 2.75) is 6.54 Å². The molecule has 0 spiro atoms. The zero-order chi connectivity index (χ0) is 10.8. The minimum Gasteiger partial charge on any atom is -0.329 e. The van der Waals surface area contributed by atoms with Crippen LogP contribution in [0.5, 0.6) is 0 Å². The van der Waals surface area contributed by atoms with Gasteiger partial charge in [0.05, 0.1) is 5.69 Å². The molecule has 1 aliphatic rings. The van der Waals surface area contributed by atoms with Gasteiger partial charge in [0, 0.05) is 26.7 Å². The molecule has 0 bridgehead atoms. The van der Waals surface area contributed by atoms with Crippen molar-refractivity contribution in [3.8, 4) is 0 Å². The van der Waals surface area contributed by atoms with Crippen LogP contribution in [0.3, 0.4) is 0 Å². The second-order valence-electron chi connectivity index (χ2n) is 3.68. The lowest BCUT2D eigenvalue weighted by Crippen LogP contribution is -2.46. The van der Waals surface area contributed by atoms with Gasteiger partial charge in [-0.05, 0) is 11.6 Å². The van der Waals surface area contributed by atoms with Gasteiger partial charge in [-0.25, -0.2) is 4.79 Å². The monoisotopic (exact) mass is 205 g/mol. The van der Waals surface area contributed by atoms with E-state index in [4.69, 9.17) is 5.73 Å². The second kappa shape index (κ2) is 3.90. The molecule has 4 heteroatoms. The van der Waals surface area contributed by atoms with Gasteiger partial charge in [0.15, 0.2) is 0 Å². The fraction of sp³-hybridized carbons (Fsp3) is 0.364. The van der Waals surface area contributed by atoms with Crippen molar-refractivity contribution in [3.05, 3.63) is 29.8 Å². The van der Waals surface area contributed by atoms with E-state index < -0.39 is 0 Å². The topological polar surface area (TPSA) is 49.6 Å². The minimum absolute atomic E-state index is 0.0270. The van der Waals surface area contributed by atoms with Crippen LogP contribution in [0.2, 0.25) is 0 Å². The molecule has 0 atom stereocenters. The van der Waals surface area contributed by atoms with Gasteiger partial charge in [-0.3, -0.25) is 4.90 Å². The number of fused-ring (bicyclic) bond motifs is 1. The lowest BCUT2D eigenvalue weighted by Gasteiger charge is -2.34. The molecule has 2 N–H and O–H groups in total. The molecule has 15 heavy (non-hydrogen) atoms. The summed E-state index contributed by atoms with van der Waals surface area (Å²) in [5.41, 5.74) is 7.64. The Morgan fingerprint density at radius 2 is 2.13 bits per heavy atom. The summed E-state index contributed by atoms with van der Waals surface area (Å²) in [5, 5.41) is 0. The summed E-state index contributed by atoms with van der Waals surface area (Å²) in [6.07, 6.45) is 0. The van der Waals surface area contributed by atoms with Gasteiger partial charge in [0.1, 0.15) is 0 Å². The van der Waals surface area contributed by atoms with Gasteiger partial charge >= 0.3 is 6.03 Å². The van der Waals surface area contributed by atoms with E-state index in [1.807, 2.05) is 24.3 Å². The Morgan fingerprint density at radius 3 is 2.87 bits per heavy atom. The molecule has 1 heterocycles. The van der Waals surface area contributed by atoms with Crippen LogP contribution in [0.4, 0.5) is 10.5 Å². The van der Waals surface area contributed by atoms with Crippen LogP contribution in [0.1, 0.15) is 5.56 Å². The Morgan fingerprint density at radius 1 is 1.40 bits per heavy atom. The third-order valence-electron chi connectivity index (χ3n) is 2.67. The number of para-hydroxylation sites is 1. The molecule has 4 nitrogen and oxygen atoms in total. The number of anilines is 1. The number of rotatable bonds is 2. The summed E-state index contributed by atoms with van der Waals surface area (Å²) in [4.78, 5) is 15.3. The fourth-order valence-corrected chi connectivity index (χ4v) is 1.89. The van der Waals surface area contributed by atoms with Crippen LogP contribution in [0.25, 0.3) is 0 Å². The lowest BCUT2D eigenvalue weighted by atomic mass is 10.1. The SMILES string of the molecule is CN1C(=O)N(CCN)Cc2ccccc21. The van der Waals surface area contributed by atoms with E-state index in [9.17, 15) is 4.79 Å². The molecule has 1 aliphatic heterocycles. The Bertz CT molecular complexity index is 378. The maximum atomic E-state index is 11.9. The van der Waals surface area contributed by atoms with E-state index >= 15 is 0 Å². The van der Waals surface area contributed by atoms with Gasteiger partial charge in [-0.1, -0.05) is 18.2 Å². The molecule has 0 fully saturated rings. The van der Waals surface area contributed by atoms with E-state index in [0.29, 0.717) is 19.6 Å². The van der Waals surface area contributed by atoms with Crippen LogP contribution in [-0.2, 0) is 6.54 Å². The first-order chi connectivity index (χ1) is 7.24. The van der Waals surface area contributed by atoms with Crippen molar-refractivity contribution in [1.82, 2.24) is 4.90 Å². The first-order valence-corrected chi connectivity index (χ1v) is 5.04. The summed E-state index contributed by atoms with van der Waals surface area (Å²) >= 11 is 0. The molecule has 0 saturated carbocycles. The summed E-state index contributed by atoms with van der Waals surface area (Å²) in [7, 11) is 1.80. The number of nitrogens with zero attached hydrogens (tertiary/aromatic N) is 2. The van der Waals surface area contributed by atoms with E-state index in [1.54, 1.807) is 16.8 Å².